The molecule has 0 spiro atoms. The smallest absolute Gasteiger partial charge is 0.203 e. The highest BCUT2D eigenvalue weighted by Crippen LogP contribution is 2.27. The van der Waals surface area contributed by atoms with Crippen LogP contribution in [0, 0.1) is 0 Å². The van der Waals surface area contributed by atoms with Crippen molar-refractivity contribution in [2.24, 2.45) is 0 Å². The third-order valence-electron chi connectivity index (χ3n) is 3.49. The van der Waals surface area contributed by atoms with Crippen LogP contribution in [-0.4, -0.2) is 32.7 Å². The first-order valence-corrected chi connectivity index (χ1v) is 8.20. The van der Waals surface area contributed by atoms with E-state index < -0.39 is 0 Å². The average Bonchev–Trinajstić information content (AvgIpc) is 3.01. The molecule has 0 aliphatic carbocycles. The Bertz CT molecular complexity index is 550. The molecule has 1 fully saturated rings. The van der Waals surface area contributed by atoms with Crippen LogP contribution in [0.2, 0.25) is 0 Å². The van der Waals surface area contributed by atoms with Crippen LogP contribution in [0.3, 0.4) is 0 Å². The Balaban J connectivity index is 1.71. The predicted octanol–water partition coefficient (Wildman–Crippen LogP) is 2.62. The van der Waals surface area contributed by atoms with Crippen molar-refractivity contribution in [1.29, 1.82) is 0 Å². The number of anilines is 1. The largest absolute Gasteiger partial charge is 0.374 e. The molecule has 1 unspecified atom stereocenters. The van der Waals surface area contributed by atoms with Gasteiger partial charge in [0.15, 0.2) is 5.01 Å². The molecule has 0 bridgehead atoms. The molecule has 19 heavy (non-hydrogen) atoms. The summed E-state index contributed by atoms with van der Waals surface area (Å²) in [5, 5.41) is 12.4. The quantitative estimate of drug-likeness (QED) is 0.942. The first-order chi connectivity index (χ1) is 9.22. The minimum absolute atomic E-state index is 0.495. The van der Waals surface area contributed by atoms with Gasteiger partial charge in [-0.25, -0.2) is 4.98 Å². The average molecular weight is 295 g/mol. The molecule has 5 nitrogen and oxygen atoms in total. The fourth-order valence-electron chi connectivity index (χ4n) is 2.39. The van der Waals surface area contributed by atoms with E-state index in [1.165, 1.54) is 37.1 Å². The maximum absolute atomic E-state index is 5.60. The van der Waals surface area contributed by atoms with E-state index in [0.717, 1.165) is 22.3 Å². The van der Waals surface area contributed by atoms with Crippen molar-refractivity contribution in [3.63, 3.8) is 0 Å². The van der Waals surface area contributed by atoms with Crippen molar-refractivity contribution in [2.75, 3.05) is 12.3 Å². The molecule has 1 atom stereocenters. The Hall–Kier alpha value is -1.05. The first kappa shape index (κ1) is 13.0. The highest BCUT2D eigenvalue weighted by molar-refractivity contribution is 7.18. The minimum atomic E-state index is 0.495. The summed E-state index contributed by atoms with van der Waals surface area (Å²) in [6, 6.07) is 0.665. The lowest BCUT2D eigenvalue weighted by Crippen LogP contribution is -2.36. The number of rotatable bonds is 3. The van der Waals surface area contributed by atoms with Gasteiger partial charge in [0.05, 0.1) is 6.54 Å². The van der Waals surface area contributed by atoms with Gasteiger partial charge < -0.3 is 5.73 Å². The maximum atomic E-state index is 5.60. The van der Waals surface area contributed by atoms with Crippen molar-refractivity contribution in [2.45, 2.75) is 38.8 Å². The Kier molecular flexibility index (Phi) is 3.76. The zero-order chi connectivity index (χ0) is 13.2. The third kappa shape index (κ3) is 2.93. The molecular formula is C12H17N5S2. The molecule has 2 aromatic heterocycles. The van der Waals surface area contributed by atoms with E-state index in [4.69, 9.17) is 5.73 Å². The van der Waals surface area contributed by atoms with Crippen LogP contribution < -0.4 is 5.73 Å². The lowest BCUT2D eigenvalue weighted by Gasteiger charge is -2.32. The summed E-state index contributed by atoms with van der Waals surface area (Å²) in [5.74, 6) is 0. The Labute approximate surface area is 120 Å². The van der Waals surface area contributed by atoms with Gasteiger partial charge in [-0.3, -0.25) is 4.90 Å². The van der Waals surface area contributed by atoms with Gasteiger partial charge in [0, 0.05) is 11.4 Å². The molecule has 0 amide bonds. The topological polar surface area (TPSA) is 67.9 Å². The van der Waals surface area contributed by atoms with E-state index in [9.17, 15) is 0 Å². The molecule has 1 aliphatic heterocycles. The van der Waals surface area contributed by atoms with E-state index in [1.807, 2.05) is 5.38 Å². The van der Waals surface area contributed by atoms with Crippen LogP contribution in [0.4, 0.5) is 5.13 Å². The monoisotopic (exact) mass is 295 g/mol. The Morgan fingerprint density at radius 1 is 1.42 bits per heavy atom. The molecule has 2 aromatic rings. The van der Waals surface area contributed by atoms with E-state index in [2.05, 4.69) is 27.0 Å². The fourth-order valence-corrected chi connectivity index (χ4v) is 3.83. The second-order valence-electron chi connectivity index (χ2n) is 4.89. The van der Waals surface area contributed by atoms with Gasteiger partial charge in [-0.05, 0) is 26.3 Å². The lowest BCUT2D eigenvalue weighted by molar-refractivity contribution is 0.152. The lowest BCUT2D eigenvalue weighted by atomic mass is 10.0. The summed E-state index contributed by atoms with van der Waals surface area (Å²) < 4.78 is 0. The highest BCUT2D eigenvalue weighted by Gasteiger charge is 2.19. The molecular weight excluding hydrogens is 278 g/mol. The van der Waals surface area contributed by atoms with Crippen LogP contribution in [0.25, 0.3) is 10.7 Å². The number of aromatic nitrogens is 3. The predicted molar refractivity (Wildman–Crippen MR) is 79.2 cm³/mol. The number of hydrogen-bond donors (Lipinski definition) is 1. The molecule has 0 saturated carbocycles. The SMILES string of the molecule is CC1CCCCN1Cc1nc(-c2nnc(N)s2)cs1. The van der Waals surface area contributed by atoms with Crippen molar-refractivity contribution in [3.8, 4) is 10.7 Å². The molecule has 7 heteroatoms. The summed E-state index contributed by atoms with van der Waals surface area (Å²) in [6.07, 6.45) is 3.95. The fraction of sp³-hybridized carbons (Fsp3) is 0.583. The molecule has 0 aromatic carbocycles. The third-order valence-corrected chi connectivity index (χ3v) is 5.10. The number of likely N-dealkylation sites (tertiary alicyclic amines) is 1. The first-order valence-electron chi connectivity index (χ1n) is 6.50. The summed E-state index contributed by atoms with van der Waals surface area (Å²) in [5.41, 5.74) is 6.50. The summed E-state index contributed by atoms with van der Waals surface area (Å²) in [6.45, 7) is 4.43. The molecule has 1 aliphatic rings. The van der Waals surface area contributed by atoms with Crippen LogP contribution in [0.5, 0.6) is 0 Å². The van der Waals surface area contributed by atoms with E-state index >= 15 is 0 Å². The molecule has 3 rings (SSSR count). The summed E-state index contributed by atoms with van der Waals surface area (Å²) in [7, 11) is 0. The van der Waals surface area contributed by atoms with E-state index in [1.54, 1.807) is 11.3 Å². The number of nitrogens with two attached hydrogens (primary N) is 1. The van der Waals surface area contributed by atoms with Crippen molar-refractivity contribution < 1.29 is 0 Å². The van der Waals surface area contributed by atoms with Crippen molar-refractivity contribution in [1.82, 2.24) is 20.1 Å². The van der Waals surface area contributed by atoms with Gasteiger partial charge in [-0.1, -0.05) is 17.8 Å². The number of piperidine rings is 1. The summed E-state index contributed by atoms with van der Waals surface area (Å²) >= 11 is 3.08. The molecule has 1 saturated heterocycles. The van der Waals surface area contributed by atoms with Gasteiger partial charge in [0.25, 0.3) is 0 Å². The highest BCUT2D eigenvalue weighted by atomic mass is 32.1. The van der Waals surface area contributed by atoms with E-state index in [-0.39, 0.29) is 0 Å². The van der Waals surface area contributed by atoms with Crippen molar-refractivity contribution >= 4 is 27.8 Å². The van der Waals surface area contributed by atoms with Gasteiger partial charge in [0.1, 0.15) is 10.7 Å². The normalized spacial score (nSPS) is 20.8. The van der Waals surface area contributed by atoms with Gasteiger partial charge >= 0.3 is 0 Å². The molecule has 0 radical (unpaired) electrons. The van der Waals surface area contributed by atoms with Crippen LogP contribution in [0.1, 0.15) is 31.2 Å². The second-order valence-corrected chi connectivity index (χ2v) is 6.84. The Morgan fingerprint density at radius 3 is 3.05 bits per heavy atom. The van der Waals surface area contributed by atoms with Crippen molar-refractivity contribution in [3.05, 3.63) is 10.4 Å². The van der Waals surface area contributed by atoms with Crippen LogP contribution in [-0.2, 0) is 6.54 Å². The Morgan fingerprint density at radius 2 is 2.32 bits per heavy atom. The zero-order valence-corrected chi connectivity index (χ0v) is 12.5. The van der Waals surface area contributed by atoms with Gasteiger partial charge in [-0.15, -0.1) is 21.5 Å². The van der Waals surface area contributed by atoms with Gasteiger partial charge in [-0.2, -0.15) is 0 Å². The number of thiazole rings is 1. The molecule has 102 valence electrons. The standard InChI is InChI=1S/C12H17N5S2/c1-8-4-2-3-5-17(8)6-10-14-9(7-18-10)11-15-16-12(13)19-11/h7-8H,2-6H2,1H3,(H2,13,16). The summed E-state index contributed by atoms with van der Waals surface area (Å²) in [4.78, 5) is 7.17. The molecule has 2 N–H and O–H groups in total. The van der Waals surface area contributed by atoms with Gasteiger partial charge in [0.2, 0.25) is 5.13 Å². The number of nitrogen functional groups attached to an aromatic ring is 1. The minimum Gasteiger partial charge on any atom is -0.374 e. The van der Waals surface area contributed by atoms with E-state index in [0.29, 0.717) is 11.2 Å². The maximum Gasteiger partial charge on any atom is 0.203 e. The number of hydrogen-bond acceptors (Lipinski definition) is 7. The van der Waals surface area contributed by atoms with Crippen LogP contribution >= 0.6 is 22.7 Å². The second kappa shape index (κ2) is 5.52. The molecule has 3 heterocycles. The zero-order valence-electron chi connectivity index (χ0n) is 10.9. The number of nitrogens with zero attached hydrogens (tertiary/aromatic N) is 4. The van der Waals surface area contributed by atoms with Crippen LogP contribution in [0.15, 0.2) is 5.38 Å².